The fourth-order valence-electron chi connectivity index (χ4n) is 2.92. The van der Waals surface area contributed by atoms with Gasteiger partial charge in [-0.05, 0) is 44.0 Å². The van der Waals surface area contributed by atoms with E-state index in [4.69, 9.17) is 5.73 Å². The number of aromatic nitrogens is 6. The summed E-state index contributed by atoms with van der Waals surface area (Å²) in [5.41, 5.74) is 6.67. The van der Waals surface area contributed by atoms with Gasteiger partial charge < -0.3 is 5.73 Å². The van der Waals surface area contributed by atoms with Gasteiger partial charge in [-0.15, -0.1) is 0 Å². The molecule has 4 heterocycles. The number of alkyl halides is 7. The van der Waals surface area contributed by atoms with Gasteiger partial charge >= 0.3 is 12.4 Å². The van der Waals surface area contributed by atoms with Crippen LogP contribution in [0.15, 0.2) is 46.1 Å². The van der Waals surface area contributed by atoms with Gasteiger partial charge in [0.2, 0.25) is 11.6 Å². The van der Waals surface area contributed by atoms with Crippen LogP contribution in [0.4, 0.5) is 35.1 Å². The molecule has 0 aromatic carbocycles. The molecule has 0 fully saturated rings. The van der Waals surface area contributed by atoms with Gasteiger partial charge in [-0.25, -0.2) is 38.7 Å². The van der Waals surface area contributed by atoms with E-state index in [9.17, 15) is 35.1 Å². The average molecular weight is 766 g/mol. The smallest absolute Gasteiger partial charge is 0.325 e. The van der Waals surface area contributed by atoms with Crippen molar-refractivity contribution in [2.24, 2.45) is 5.73 Å². The van der Waals surface area contributed by atoms with Gasteiger partial charge in [-0.2, -0.15) is 26.3 Å². The first-order chi connectivity index (χ1) is 18.6. The van der Waals surface area contributed by atoms with Crippen LogP contribution in [0.1, 0.15) is 23.0 Å². The zero-order valence-electron chi connectivity index (χ0n) is 19.3. The van der Waals surface area contributed by atoms with E-state index in [2.05, 4.69) is 77.7 Å². The quantitative estimate of drug-likeness (QED) is 0.133. The molecule has 4 rings (SSSR count). The minimum atomic E-state index is -4.64. The topological polar surface area (TPSA) is 103 Å². The van der Waals surface area contributed by atoms with Crippen molar-refractivity contribution in [3.05, 3.63) is 80.8 Å². The highest BCUT2D eigenvalue weighted by Crippen LogP contribution is 2.31. The standard InChI is InChI=1S/C11H5Br2F4N3.C11H7BrF4N4/c12-2-6-1-7(8(14)9(13)20-6)5-3-18-10(19-4-5)11(15,16)17;12-9-8(13)7(1-6(2-17)20-9)5-3-18-10(19-4-5)11(14,15)16/h1,3-4H,2H2;1,3-4H,2,17H2. The first-order valence-corrected chi connectivity index (χ1v) is 13.1. The molecule has 4 aromatic rings. The van der Waals surface area contributed by atoms with Crippen LogP contribution in [-0.4, -0.2) is 29.9 Å². The van der Waals surface area contributed by atoms with Crippen molar-refractivity contribution in [3.8, 4) is 22.3 Å². The summed E-state index contributed by atoms with van der Waals surface area (Å²) in [4.78, 5) is 20.5. The lowest BCUT2D eigenvalue weighted by molar-refractivity contribution is -0.145. The molecule has 0 saturated heterocycles. The largest absolute Gasteiger partial charge is 0.451 e. The Hall–Kier alpha value is -2.70. The summed E-state index contributed by atoms with van der Waals surface area (Å²) >= 11 is 9.05. The molecule has 7 nitrogen and oxygen atoms in total. The molecule has 40 heavy (non-hydrogen) atoms. The van der Waals surface area contributed by atoms with E-state index >= 15 is 0 Å². The SMILES string of the molecule is Fc1c(-c2cnc(C(F)(F)F)nc2)cc(CBr)nc1Br.NCc1cc(-c2cnc(C(F)(F)F)nc2)c(F)c(Br)n1. The summed E-state index contributed by atoms with van der Waals surface area (Å²) in [5.74, 6) is -3.95. The molecular weight excluding hydrogens is 754 g/mol. The van der Waals surface area contributed by atoms with Crippen molar-refractivity contribution in [2.45, 2.75) is 24.2 Å². The lowest BCUT2D eigenvalue weighted by atomic mass is 10.1. The molecule has 0 atom stereocenters. The van der Waals surface area contributed by atoms with Crippen molar-refractivity contribution in [3.63, 3.8) is 0 Å². The van der Waals surface area contributed by atoms with Crippen LogP contribution < -0.4 is 5.73 Å². The molecular formula is C22H12Br3F8N7. The summed E-state index contributed by atoms with van der Waals surface area (Å²) in [6.07, 6.45) is -5.60. The Bertz CT molecular complexity index is 1370. The van der Waals surface area contributed by atoms with E-state index in [0.717, 1.165) is 24.8 Å². The predicted molar refractivity (Wildman–Crippen MR) is 136 cm³/mol. The third-order valence-electron chi connectivity index (χ3n) is 4.72. The van der Waals surface area contributed by atoms with Gasteiger partial charge in [-0.3, -0.25) is 0 Å². The van der Waals surface area contributed by atoms with E-state index in [1.165, 1.54) is 12.1 Å². The van der Waals surface area contributed by atoms with Crippen LogP contribution in [0.3, 0.4) is 0 Å². The van der Waals surface area contributed by atoms with Crippen molar-refractivity contribution in [2.75, 3.05) is 0 Å². The summed E-state index contributed by atoms with van der Waals surface area (Å²) in [6.45, 7) is 0.0629. The second-order valence-corrected chi connectivity index (χ2v) is 9.52. The molecule has 0 unspecified atom stereocenters. The number of hydrogen-bond acceptors (Lipinski definition) is 7. The van der Waals surface area contributed by atoms with E-state index in [-0.39, 0.29) is 38.0 Å². The highest BCUT2D eigenvalue weighted by molar-refractivity contribution is 9.10. The van der Waals surface area contributed by atoms with Crippen molar-refractivity contribution >= 4 is 47.8 Å². The Morgan fingerprint density at radius 3 is 1.32 bits per heavy atom. The number of rotatable bonds is 4. The Morgan fingerprint density at radius 1 is 0.650 bits per heavy atom. The zero-order valence-corrected chi connectivity index (χ0v) is 24.1. The zero-order chi connectivity index (χ0) is 29.8. The van der Waals surface area contributed by atoms with Crippen LogP contribution in [0, 0.1) is 11.6 Å². The minimum absolute atomic E-state index is 0.0238. The Balaban J connectivity index is 0.000000220. The average Bonchev–Trinajstić information content (AvgIpc) is 2.91. The molecule has 0 aliphatic rings. The first kappa shape index (κ1) is 31.8. The number of nitrogens with two attached hydrogens (primary N) is 1. The molecule has 2 N–H and O–H groups in total. The fourth-order valence-corrected chi connectivity index (χ4v) is 4.09. The summed E-state index contributed by atoms with van der Waals surface area (Å²) < 4.78 is 102. The summed E-state index contributed by atoms with van der Waals surface area (Å²) in [6, 6.07) is 2.76. The predicted octanol–water partition coefficient (Wildman–Crippen LogP) is 7.27. The Labute approximate surface area is 245 Å². The van der Waals surface area contributed by atoms with Crippen LogP contribution in [0.5, 0.6) is 0 Å². The summed E-state index contributed by atoms with van der Waals surface area (Å²) in [7, 11) is 0. The molecule has 0 saturated carbocycles. The molecule has 0 bridgehead atoms. The lowest BCUT2D eigenvalue weighted by Crippen LogP contribution is -2.10. The van der Waals surface area contributed by atoms with Crippen LogP contribution >= 0.6 is 47.8 Å². The number of pyridine rings is 2. The third kappa shape index (κ3) is 7.73. The normalized spacial score (nSPS) is 11.7. The van der Waals surface area contributed by atoms with E-state index in [1.807, 2.05) is 0 Å². The van der Waals surface area contributed by atoms with E-state index < -0.39 is 35.6 Å². The molecule has 18 heteroatoms. The van der Waals surface area contributed by atoms with Gasteiger partial charge in [0.25, 0.3) is 0 Å². The maximum absolute atomic E-state index is 13.9. The van der Waals surface area contributed by atoms with Gasteiger partial charge in [0, 0.05) is 58.9 Å². The Morgan fingerprint density at radius 2 is 1.00 bits per heavy atom. The lowest BCUT2D eigenvalue weighted by Gasteiger charge is -2.08. The molecule has 0 radical (unpaired) electrons. The Kier molecular flexibility index (Phi) is 10.2. The molecule has 0 aliphatic heterocycles. The maximum atomic E-state index is 13.9. The fraction of sp³-hybridized carbons (Fsp3) is 0.182. The van der Waals surface area contributed by atoms with Gasteiger partial charge in [-0.1, -0.05) is 15.9 Å². The second-order valence-electron chi connectivity index (χ2n) is 7.46. The van der Waals surface area contributed by atoms with Gasteiger partial charge in [0.1, 0.15) is 9.21 Å². The van der Waals surface area contributed by atoms with Crippen LogP contribution in [0.2, 0.25) is 0 Å². The molecule has 0 spiro atoms. The highest BCUT2D eigenvalue weighted by atomic mass is 79.9. The van der Waals surface area contributed by atoms with Gasteiger partial charge in [0.15, 0.2) is 11.6 Å². The molecule has 212 valence electrons. The maximum Gasteiger partial charge on any atom is 0.451 e. The van der Waals surface area contributed by atoms with Crippen molar-refractivity contribution in [1.29, 1.82) is 0 Å². The molecule has 4 aromatic heterocycles. The molecule has 0 aliphatic carbocycles. The number of nitrogens with zero attached hydrogens (tertiary/aromatic N) is 6. The first-order valence-electron chi connectivity index (χ1n) is 10.4. The van der Waals surface area contributed by atoms with Crippen LogP contribution in [0.25, 0.3) is 22.3 Å². The van der Waals surface area contributed by atoms with Gasteiger partial charge in [0.05, 0.1) is 11.4 Å². The number of hydrogen-bond donors (Lipinski definition) is 1. The third-order valence-corrected chi connectivity index (χ3v) is 6.34. The second kappa shape index (κ2) is 12.9. The van der Waals surface area contributed by atoms with Crippen LogP contribution in [-0.2, 0) is 24.2 Å². The van der Waals surface area contributed by atoms with Crippen molar-refractivity contribution < 1.29 is 35.1 Å². The van der Waals surface area contributed by atoms with E-state index in [0.29, 0.717) is 16.7 Å². The highest BCUT2D eigenvalue weighted by Gasteiger charge is 2.35. The minimum Gasteiger partial charge on any atom is -0.325 e. The number of halogens is 11. The molecule has 0 amide bonds. The summed E-state index contributed by atoms with van der Waals surface area (Å²) in [5, 5.41) is 0.375. The monoisotopic (exact) mass is 763 g/mol. The van der Waals surface area contributed by atoms with Crippen molar-refractivity contribution in [1.82, 2.24) is 29.9 Å². The van der Waals surface area contributed by atoms with E-state index in [1.54, 1.807) is 0 Å².